The molecule has 2 rings (SSSR count). The van der Waals surface area contributed by atoms with E-state index in [4.69, 9.17) is 10.5 Å². The third-order valence-corrected chi connectivity index (χ3v) is 3.01. The van der Waals surface area contributed by atoms with Gasteiger partial charge in [-0.25, -0.2) is 0 Å². The van der Waals surface area contributed by atoms with E-state index in [0.29, 0.717) is 0 Å². The van der Waals surface area contributed by atoms with Gasteiger partial charge in [0.25, 0.3) is 0 Å². The number of hydrogen-bond acceptors (Lipinski definition) is 3. The van der Waals surface area contributed by atoms with Crippen LogP contribution in [0.5, 0.6) is 0 Å². The van der Waals surface area contributed by atoms with E-state index in [-0.39, 0.29) is 12.1 Å². The number of benzene rings is 1. The van der Waals surface area contributed by atoms with E-state index < -0.39 is 0 Å². The molecule has 1 saturated heterocycles. The van der Waals surface area contributed by atoms with E-state index in [2.05, 4.69) is 29.2 Å². The Hall–Kier alpha value is -0.900. The first-order valence-corrected chi connectivity index (χ1v) is 5.89. The van der Waals surface area contributed by atoms with Crippen molar-refractivity contribution in [1.82, 2.24) is 4.90 Å². The zero-order valence-electron chi connectivity index (χ0n) is 9.80. The van der Waals surface area contributed by atoms with Gasteiger partial charge >= 0.3 is 0 Å². The molecule has 0 spiro atoms. The fourth-order valence-electron chi connectivity index (χ4n) is 2.03. The number of morpholine rings is 1. The molecule has 2 N–H and O–H groups in total. The lowest BCUT2D eigenvalue weighted by molar-refractivity contribution is -0.0403. The van der Waals surface area contributed by atoms with Crippen LogP contribution in [0.3, 0.4) is 0 Å². The van der Waals surface area contributed by atoms with Crippen LogP contribution in [0.1, 0.15) is 12.5 Å². The molecule has 0 saturated carbocycles. The summed E-state index contributed by atoms with van der Waals surface area (Å²) in [7, 11) is 0. The summed E-state index contributed by atoms with van der Waals surface area (Å²) in [5, 5.41) is 0. The van der Waals surface area contributed by atoms with Gasteiger partial charge in [0.1, 0.15) is 0 Å². The minimum Gasteiger partial charge on any atom is -0.374 e. The number of ether oxygens (including phenoxy) is 1. The third kappa shape index (κ3) is 3.04. The molecule has 0 bridgehead atoms. The monoisotopic (exact) mass is 220 g/mol. The van der Waals surface area contributed by atoms with Crippen LogP contribution in [0.2, 0.25) is 0 Å². The van der Waals surface area contributed by atoms with Gasteiger partial charge in [-0.15, -0.1) is 0 Å². The molecule has 2 atom stereocenters. The van der Waals surface area contributed by atoms with Crippen molar-refractivity contribution in [3.8, 4) is 0 Å². The fourth-order valence-corrected chi connectivity index (χ4v) is 2.03. The van der Waals surface area contributed by atoms with Crippen molar-refractivity contribution in [2.75, 3.05) is 19.7 Å². The Kier molecular flexibility index (Phi) is 3.93. The molecule has 1 fully saturated rings. The molecular formula is C13H20N2O. The number of hydrogen-bond donors (Lipinski definition) is 1. The largest absolute Gasteiger partial charge is 0.374 e. The predicted octanol–water partition coefficient (Wildman–Crippen LogP) is 1.23. The van der Waals surface area contributed by atoms with Gasteiger partial charge in [-0.1, -0.05) is 30.3 Å². The normalized spacial score (nSPS) is 24.2. The zero-order valence-corrected chi connectivity index (χ0v) is 9.80. The highest BCUT2D eigenvalue weighted by molar-refractivity contribution is 5.14. The lowest BCUT2D eigenvalue weighted by atomic mass is 10.1. The number of rotatable bonds is 3. The number of nitrogens with zero attached hydrogens (tertiary/aromatic N) is 1. The van der Waals surface area contributed by atoms with Crippen LogP contribution in [-0.2, 0) is 11.3 Å². The average Bonchev–Trinajstić information content (AvgIpc) is 2.30. The SMILES string of the molecule is CC(N)C1CN(Cc2ccccc2)CCO1. The smallest absolute Gasteiger partial charge is 0.0850 e. The highest BCUT2D eigenvalue weighted by Gasteiger charge is 2.23. The molecule has 1 aromatic rings. The summed E-state index contributed by atoms with van der Waals surface area (Å²) in [6.45, 7) is 5.73. The molecule has 1 aliphatic rings. The van der Waals surface area contributed by atoms with Gasteiger partial charge in [0, 0.05) is 25.7 Å². The standard InChI is InChI=1S/C13H20N2O/c1-11(14)13-10-15(7-8-16-13)9-12-5-3-2-4-6-12/h2-6,11,13H,7-10,14H2,1H3. The van der Waals surface area contributed by atoms with Crippen molar-refractivity contribution in [3.05, 3.63) is 35.9 Å². The van der Waals surface area contributed by atoms with E-state index in [9.17, 15) is 0 Å². The molecular weight excluding hydrogens is 200 g/mol. The Balaban J connectivity index is 1.90. The quantitative estimate of drug-likeness (QED) is 0.833. The molecule has 16 heavy (non-hydrogen) atoms. The molecule has 0 amide bonds. The molecule has 3 heteroatoms. The average molecular weight is 220 g/mol. The van der Waals surface area contributed by atoms with Gasteiger partial charge in [0.05, 0.1) is 12.7 Å². The van der Waals surface area contributed by atoms with Crippen LogP contribution in [0.15, 0.2) is 30.3 Å². The topological polar surface area (TPSA) is 38.5 Å². The van der Waals surface area contributed by atoms with Crippen LogP contribution in [0.4, 0.5) is 0 Å². The van der Waals surface area contributed by atoms with Crippen LogP contribution in [-0.4, -0.2) is 36.7 Å². The summed E-state index contributed by atoms with van der Waals surface area (Å²) in [6, 6.07) is 10.6. The summed E-state index contributed by atoms with van der Waals surface area (Å²) in [4.78, 5) is 2.41. The summed E-state index contributed by atoms with van der Waals surface area (Å²) >= 11 is 0. The fraction of sp³-hybridized carbons (Fsp3) is 0.538. The van der Waals surface area contributed by atoms with Crippen LogP contribution in [0, 0.1) is 0 Å². The molecule has 2 unspecified atom stereocenters. The molecule has 1 aromatic carbocycles. The van der Waals surface area contributed by atoms with Gasteiger partial charge < -0.3 is 10.5 Å². The summed E-state index contributed by atoms with van der Waals surface area (Å²) in [5.41, 5.74) is 7.23. The first-order chi connectivity index (χ1) is 7.75. The van der Waals surface area contributed by atoms with Crippen molar-refractivity contribution in [1.29, 1.82) is 0 Å². The van der Waals surface area contributed by atoms with Crippen molar-refractivity contribution in [2.45, 2.75) is 25.6 Å². The first-order valence-electron chi connectivity index (χ1n) is 5.89. The van der Waals surface area contributed by atoms with E-state index in [1.165, 1.54) is 5.56 Å². The van der Waals surface area contributed by atoms with Crippen molar-refractivity contribution < 1.29 is 4.74 Å². The highest BCUT2D eigenvalue weighted by atomic mass is 16.5. The summed E-state index contributed by atoms with van der Waals surface area (Å²) in [6.07, 6.45) is 0.178. The van der Waals surface area contributed by atoms with E-state index in [0.717, 1.165) is 26.2 Å². The Morgan fingerprint density at radius 2 is 2.19 bits per heavy atom. The van der Waals surface area contributed by atoms with Gasteiger partial charge in [-0.2, -0.15) is 0 Å². The molecule has 1 aliphatic heterocycles. The predicted molar refractivity (Wildman–Crippen MR) is 65.1 cm³/mol. The van der Waals surface area contributed by atoms with Crippen molar-refractivity contribution in [2.24, 2.45) is 5.73 Å². The molecule has 0 radical (unpaired) electrons. The Bertz CT molecular complexity index is 313. The van der Waals surface area contributed by atoms with Crippen molar-refractivity contribution >= 4 is 0 Å². The minimum atomic E-state index is 0.110. The van der Waals surface area contributed by atoms with Crippen LogP contribution in [0.25, 0.3) is 0 Å². The Labute approximate surface area is 97.2 Å². The molecule has 88 valence electrons. The molecule has 3 nitrogen and oxygen atoms in total. The summed E-state index contributed by atoms with van der Waals surface area (Å²) < 4.78 is 5.64. The highest BCUT2D eigenvalue weighted by Crippen LogP contribution is 2.11. The lowest BCUT2D eigenvalue weighted by Crippen LogP contribution is -2.49. The van der Waals surface area contributed by atoms with E-state index >= 15 is 0 Å². The molecule has 0 aromatic heterocycles. The Morgan fingerprint density at radius 3 is 2.88 bits per heavy atom. The maximum absolute atomic E-state index is 5.87. The first kappa shape index (κ1) is 11.6. The van der Waals surface area contributed by atoms with Crippen molar-refractivity contribution in [3.63, 3.8) is 0 Å². The maximum atomic E-state index is 5.87. The van der Waals surface area contributed by atoms with Gasteiger partial charge in [0.15, 0.2) is 0 Å². The van der Waals surface area contributed by atoms with E-state index in [1.807, 2.05) is 13.0 Å². The van der Waals surface area contributed by atoms with Crippen LogP contribution < -0.4 is 5.73 Å². The van der Waals surface area contributed by atoms with E-state index in [1.54, 1.807) is 0 Å². The van der Waals surface area contributed by atoms with Gasteiger partial charge in [-0.3, -0.25) is 4.90 Å². The maximum Gasteiger partial charge on any atom is 0.0850 e. The zero-order chi connectivity index (χ0) is 11.4. The van der Waals surface area contributed by atoms with Crippen LogP contribution >= 0.6 is 0 Å². The minimum absolute atomic E-state index is 0.110. The Morgan fingerprint density at radius 1 is 1.44 bits per heavy atom. The molecule has 1 heterocycles. The second kappa shape index (κ2) is 5.43. The second-order valence-electron chi connectivity index (χ2n) is 4.49. The number of nitrogens with two attached hydrogens (primary N) is 1. The summed E-state index contributed by atoms with van der Waals surface area (Å²) in [5.74, 6) is 0. The van der Waals surface area contributed by atoms with Gasteiger partial charge in [0.2, 0.25) is 0 Å². The molecule has 0 aliphatic carbocycles. The van der Waals surface area contributed by atoms with Gasteiger partial charge in [-0.05, 0) is 12.5 Å². The third-order valence-electron chi connectivity index (χ3n) is 3.01. The lowest BCUT2D eigenvalue weighted by Gasteiger charge is -2.34. The second-order valence-corrected chi connectivity index (χ2v) is 4.49.